The van der Waals surface area contributed by atoms with Gasteiger partial charge in [-0.3, -0.25) is 9.88 Å². The smallest absolute Gasteiger partial charge is 0.416 e. The highest BCUT2D eigenvalue weighted by molar-refractivity contribution is 5.89. The molecule has 31 heavy (non-hydrogen) atoms. The molecular weight excluding hydrogens is 392 g/mol. The van der Waals surface area contributed by atoms with E-state index in [1.807, 2.05) is 48.5 Å². The van der Waals surface area contributed by atoms with E-state index in [2.05, 4.69) is 25.5 Å². The van der Waals surface area contributed by atoms with Gasteiger partial charge in [-0.05, 0) is 68.0 Å². The number of aromatic nitrogens is 4. The van der Waals surface area contributed by atoms with Crippen LogP contribution in [-0.4, -0.2) is 44.9 Å². The minimum atomic E-state index is -0.394. The third-order valence-corrected chi connectivity index (χ3v) is 6.08. The Labute approximate surface area is 180 Å². The molecule has 1 amide bonds. The number of anilines is 2. The molecule has 2 fully saturated rings. The van der Waals surface area contributed by atoms with E-state index in [1.54, 1.807) is 17.3 Å². The normalized spacial score (nSPS) is 23.0. The van der Waals surface area contributed by atoms with Crippen molar-refractivity contribution < 1.29 is 9.53 Å². The van der Waals surface area contributed by atoms with Crippen LogP contribution >= 0.6 is 0 Å². The number of rotatable bonds is 5. The Morgan fingerprint density at radius 2 is 1.77 bits per heavy atom. The first-order chi connectivity index (χ1) is 15.2. The molecule has 4 heterocycles. The summed E-state index contributed by atoms with van der Waals surface area (Å²) in [7, 11) is 0. The van der Waals surface area contributed by atoms with Crippen molar-refractivity contribution in [3.63, 3.8) is 0 Å². The van der Waals surface area contributed by atoms with Crippen molar-refractivity contribution in [3.05, 3.63) is 60.9 Å². The second-order valence-electron chi connectivity index (χ2n) is 8.17. The summed E-state index contributed by atoms with van der Waals surface area (Å²) in [5.41, 5.74) is 1.17. The van der Waals surface area contributed by atoms with Crippen molar-refractivity contribution in [2.24, 2.45) is 5.92 Å². The maximum atomic E-state index is 12.4. The fraction of sp³-hybridized carbons (Fsp3) is 0.348. The standard InChI is InChI=1S/C23H24N6O2/c30-22-29(21-6-2-4-14-25-21)16-23(31-22)11-9-17(10-12-23)15-26-20-8-7-19(27-28-20)18-5-1-3-13-24-18/h1-8,13-14,17H,9-12,15-16H2,(H,26,28)/t17-,23-. The molecule has 0 bridgehead atoms. The zero-order valence-electron chi connectivity index (χ0n) is 17.1. The maximum absolute atomic E-state index is 12.4. The monoisotopic (exact) mass is 416 g/mol. The molecule has 1 saturated heterocycles. The fourth-order valence-corrected chi connectivity index (χ4v) is 4.31. The van der Waals surface area contributed by atoms with Gasteiger partial charge in [0.05, 0.1) is 12.2 Å². The molecule has 1 N–H and O–H groups in total. The second-order valence-corrected chi connectivity index (χ2v) is 8.17. The molecule has 1 aliphatic heterocycles. The van der Waals surface area contributed by atoms with Gasteiger partial charge >= 0.3 is 6.09 Å². The molecule has 0 unspecified atom stereocenters. The van der Waals surface area contributed by atoms with Gasteiger partial charge in [-0.1, -0.05) is 12.1 Å². The lowest BCUT2D eigenvalue weighted by Gasteiger charge is -2.35. The fourth-order valence-electron chi connectivity index (χ4n) is 4.31. The minimum Gasteiger partial charge on any atom is -0.441 e. The van der Waals surface area contributed by atoms with Gasteiger partial charge < -0.3 is 10.1 Å². The number of hydrogen-bond donors (Lipinski definition) is 1. The van der Waals surface area contributed by atoms with Crippen molar-refractivity contribution >= 4 is 17.7 Å². The number of amides is 1. The number of hydrogen-bond acceptors (Lipinski definition) is 7. The third-order valence-electron chi connectivity index (χ3n) is 6.08. The van der Waals surface area contributed by atoms with Gasteiger partial charge in [0, 0.05) is 18.9 Å². The Kier molecular flexibility index (Phi) is 5.19. The minimum absolute atomic E-state index is 0.293. The van der Waals surface area contributed by atoms with Gasteiger partial charge in [-0.15, -0.1) is 10.2 Å². The zero-order chi connectivity index (χ0) is 21.1. The van der Waals surface area contributed by atoms with E-state index in [-0.39, 0.29) is 6.09 Å². The van der Waals surface area contributed by atoms with Gasteiger partial charge in [0.1, 0.15) is 22.9 Å². The molecule has 5 rings (SSSR count). The highest BCUT2D eigenvalue weighted by Gasteiger charge is 2.47. The first-order valence-electron chi connectivity index (χ1n) is 10.6. The molecule has 1 spiro atoms. The lowest BCUT2D eigenvalue weighted by atomic mass is 9.78. The number of ether oxygens (including phenoxy) is 1. The van der Waals surface area contributed by atoms with Crippen LogP contribution in [0.15, 0.2) is 60.9 Å². The second kappa shape index (κ2) is 8.29. The van der Waals surface area contributed by atoms with Crippen LogP contribution < -0.4 is 10.2 Å². The van der Waals surface area contributed by atoms with E-state index in [1.165, 1.54) is 0 Å². The van der Waals surface area contributed by atoms with Crippen LogP contribution in [-0.2, 0) is 4.74 Å². The summed E-state index contributed by atoms with van der Waals surface area (Å²) < 4.78 is 5.82. The molecule has 0 radical (unpaired) electrons. The van der Waals surface area contributed by atoms with E-state index in [0.29, 0.717) is 18.3 Å². The Bertz CT molecular complexity index is 1020. The van der Waals surface area contributed by atoms with E-state index in [4.69, 9.17) is 4.74 Å². The number of pyridine rings is 2. The topological polar surface area (TPSA) is 93.1 Å². The molecule has 8 nitrogen and oxygen atoms in total. The van der Waals surface area contributed by atoms with Crippen molar-refractivity contribution in [1.82, 2.24) is 20.2 Å². The highest BCUT2D eigenvalue weighted by atomic mass is 16.6. The maximum Gasteiger partial charge on any atom is 0.416 e. The molecule has 0 atom stereocenters. The molecule has 2 aliphatic rings. The summed E-state index contributed by atoms with van der Waals surface area (Å²) in [6, 6.07) is 15.2. The van der Waals surface area contributed by atoms with Crippen molar-refractivity contribution in [1.29, 1.82) is 0 Å². The molecule has 3 aromatic rings. The van der Waals surface area contributed by atoms with Crippen LogP contribution in [0.2, 0.25) is 0 Å². The molecule has 1 aliphatic carbocycles. The average Bonchev–Trinajstić information content (AvgIpc) is 3.16. The van der Waals surface area contributed by atoms with E-state index in [0.717, 1.165) is 49.4 Å². The largest absolute Gasteiger partial charge is 0.441 e. The van der Waals surface area contributed by atoms with Crippen molar-refractivity contribution in [2.75, 3.05) is 23.3 Å². The van der Waals surface area contributed by atoms with Crippen LogP contribution in [0.5, 0.6) is 0 Å². The first kappa shape index (κ1) is 19.4. The van der Waals surface area contributed by atoms with Crippen LogP contribution in [0.25, 0.3) is 11.4 Å². The van der Waals surface area contributed by atoms with E-state index in [9.17, 15) is 4.79 Å². The van der Waals surface area contributed by atoms with Crippen molar-refractivity contribution in [3.8, 4) is 11.4 Å². The molecule has 0 aromatic carbocycles. The summed E-state index contributed by atoms with van der Waals surface area (Å²) in [5, 5.41) is 11.9. The zero-order valence-corrected chi connectivity index (χ0v) is 17.1. The quantitative estimate of drug-likeness (QED) is 0.673. The Morgan fingerprint density at radius 1 is 0.968 bits per heavy atom. The van der Waals surface area contributed by atoms with Gasteiger partial charge in [0.15, 0.2) is 0 Å². The van der Waals surface area contributed by atoms with Crippen LogP contribution in [0, 0.1) is 5.92 Å². The average molecular weight is 416 g/mol. The van der Waals surface area contributed by atoms with Gasteiger partial charge in [-0.2, -0.15) is 0 Å². The highest BCUT2D eigenvalue weighted by Crippen LogP contribution is 2.40. The molecular formula is C23H24N6O2. The van der Waals surface area contributed by atoms with E-state index >= 15 is 0 Å². The molecule has 8 heteroatoms. The van der Waals surface area contributed by atoms with Gasteiger partial charge in [0.25, 0.3) is 0 Å². The lowest BCUT2D eigenvalue weighted by molar-refractivity contribution is 0.0148. The van der Waals surface area contributed by atoms with Crippen LogP contribution in [0.4, 0.5) is 16.4 Å². The molecule has 1 saturated carbocycles. The predicted octanol–water partition coefficient (Wildman–Crippen LogP) is 3.93. The number of nitrogens with one attached hydrogen (secondary N) is 1. The molecule has 158 valence electrons. The molecule has 3 aromatic heterocycles. The number of carbonyl (C=O) groups excluding carboxylic acids is 1. The van der Waals surface area contributed by atoms with Crippen LogP contribution in [0.1, 0.15) is 25.7 Å². The lowest BCUT2D eigenvalue weighted by Crippen LogP contribution is -2.39. The number of nitrogens with zero attached hydrogens (tertiary/aromatic N) is 5. The predicted molar refractivity (Wildman–Crippen MR) is 117 cm³/mol. The summed E-state index contributed by atoms with van der Waals surface area (Å²) in [4.78, 5) is 22.6. The summed E-state index contributed by atoms with van der Waals surface area (Å²) >= 11 is 0. The Balaban J connectivity index is 1.14. The summed E-state index contributed by atoms with van der Waals surface area (Å²) in [6.45, 7) is 1.40. The Hall–Kier alpha value is -3.55. The third kappa shape index (κ3) is 4.19. The Morgan fingerprint density at radius 3 is 2.45 bits per heavy atom. The van der Waals surface area contributed by atoms with Crippen molar-refractivity contribution in [2.45, 2.75) is 31.3 Å². The first-order valence-corrected chi connectivity index (χ1v) is 10.6. The number of carbonyl (C=O) groups is 1. The SMILES string of the molecule is O=C1O[C@]2(CC[C@H](CNc3ccc(-c4ccccn4)nn3)CC2)CN1c1ccccn1. The van der Waals surface area contributed by atoms with Gasteiger partial charge in [-0.25, -0.2) is 9.78 Å². The summed E-state index contributed by atoms with van der Waals surface area (Å²) in [5.74, 6) is 1.92. The van der Waals surface area contributed by atoms with Crippen LogP contribution in [0.3, 0.4) is 0 Å². The van der Waals surface area contributed by atoms with Gasteiger partial charge in [0.2, 0.25) is 0 Å². The summed E-state index contributed by atoms with van der Waals surface area (Å²) in [6.07, 6.45) is 6.86. The van der Waals surface area contributed by atoms with E-state index < -0.39 is 5.60 Å².